The third kappa shape index (κ3) is 2.95. The summed E-state index contributed by atoms with van der Waals surface area (Å²) in [5.74, 6) is -1.01. The van der Waals surface area contributed by atoms with Gasteiger partial charge in [0.15, 0.2) is 0 Å². The number of carbonyl (C=O) groups is 2. The molecule has 1 heterocycles. The zero-order valence-corrected chi connectivity index (χ0v) is 9.85. The molecule has 1 atom stereocenters. The largest absolute Gasteiger partial charge is 0.481 e. The molecule has 1 aliphatic heterocycles. The lowest BCUT2D eigenvalue weighted by atomic mass is 9.95. The fourth-order valence-electron chi connectivity index (χ4n) is 1.84. The molecule has 16 heavy (non-hydrogen) atoms. The molecule has 1 fully saturated rings. The van der Waals surface area contributed by atoms with Crippen LogP contribution in [0.5, 0.6) is 0 Å². The SMILES string of the molecule is CC(C)[C@H](N)C(=O)N1CCC(C(=O)O)CC1. The number of carbonyl (C=O) groups excluding carboxylic acids is 1. The quantitative estimate of drug-likeness (QED) is 0.727. The molecule has 0 aromatic heterocycles. The van der Waals surface area contributed by atoms with E-state index in [0.29, 0.717) is 25.9 Å². The number of rotatable bonds is 3. The number of hydrogen-bond donors (Lipinski definition) is 2. The molecule has 0 saturated carbocycles. The van der Waals surface area contributed by atoms with E-state index in [1.165, 1.54) is 0 Å². The summed E-state index contributed by atoms with van der Waals surface area (Å²) in [6.07, 6.45) is 1.07. The van der Waals surface area contributed by atoms with Crippen LogP contribution < -0.4 is 5.73 Å². The highest BCUT2D eigenvalue weighted by molar-refractivity contribution is 5.82. The van der Waals surface area contributed by atoms with Gasteiger partial charge in [0.05, 0.1) is 12.0 Å². The van der Waals surface area contributed by atoms with Crippen LogP contribution in [0, 0.1) is 11.8 Å². The molecule has 5 nitrogen and oxygen atoms in total. The van der Waals surface area contributed by atoms with Crippen LogP contribution in [-0.2, 0) is 9.59 Å². The second-order valence-corrected chi connectivity index (χ2v) is 4.71. The molecule has 0 bridgehead atoms. The zero-order valence-electron chi connectivity index (χ0n) is 9.85. The van der Waals surface area contributed by atoms with Crippen molar-refractivity contribution in [3.05, 3.63) is 0 Å². The Kier molecular flexibility index (Phi) is 4.29. The molecule has 3 N–H and O–H groups in total. The number of amides is 1. The third-order valence-corrected chi connectivity index (χ3v) is 3.16. The monoisotopic (exact) mass is 228 g/mol. The number of hydrogen-bond acceptors (Lipinski definition) is 3. The minimum absolute atomic E-state index is 0.0566. The van der Waals surface area contributed by atoms with E-state index < -0.39 is 12.0 Å². The van der Waals surface area contributed by atoms with Gasteiger partial charge in [-0.05, 0) is 18.8 Å². The number of carboxylic acid groups (broad SMARTS) is 1. The molecule has 0 aromatic carbocycles. The van der Waals surface area contributed by atoms with E-state index in [1.54, 1.807) is 4.90 Å². The summed E-state index contributed by atoms with van der Waals surface area (Å²) in [4.78, 5) is 24.3. The van der Waals surface area contributed by atoms with Gasteiger partial charge in [-0.1, -0.05) is 13.8 Å². The van der Waals surface area contributed by atoms with Crippen molar-refractivity contribution in [2.24, 2.45) is 17.6 Å². The van der Waals surface area contributed by atoms with Crippen LogP contribution in [0.1, 0.15) is 26.7 Å². The summed E-state index contributed by atoms with van der Waals surface area (Å²) < 4.78 is 0. The zero-order chi connectivity index (χ0) is 12.3. The van der Waals surface area contributed by atoms with E-state index in [-0.39, 0.29) is 17.7 Å². The van der Waals surface area contributed by atoms with Crippen LogP contribution in [0.2, 0.25) is 0 Å². The topological polar surface area (TPSA) is 83.6 Å². The molecule has 1 saturated heterocycles. The number of likely N-dealkylation sites (tertiary alicyclic amines) is 1. The summed E-state index contributed by atoms with van der Waals surface area (Å²) in [5, 5.41) is 8.83. The Labute approximate surface area is 95.6 Å². The maximum absolute atomic E-state index is 11.9. The van der Waals surface area contributed by atoms with Gasteiger partial charge >= 0.3 is 5.97 Å². The Morgan fingerprint density at radius 3 is 2.19 bits per heavy atom. The van der Waals surface area contributed by atoms with Crippen molar-refractivity contribution in [2.45, 2.75) is 32.7 Å². The van der Waals surface area contributed by atoms with Crippen molar-refractivity contribution in [1.82, 2.24) is 4.90 Å². The van der Waals surface area contributed by atoms with Crippen LogP contribution in [0.25, 0.3) is 0 Å². The van der Waals surface area contributed by atoms with Crippen molar-refractivity contribution in [2.75, 3.05) is 13.1 Å². The van der Waals surface area contributed by atoms with Crippen LogP contribution >= 0.6 is 0 Å². The van der Waals surface area contributed by atoms with Crippen LogP contribution in [0.4, 0.5) is 0 Å². The first kappa shape index (κ1) is 13.0. The second-order valence-electron chi connectivity index (χ2n) is 4.71. The van der Waals surface area contributed by atoms with E-state index in [1.807, 2.05) is 13.8 Å². The fraction of sp³-hybridized carbons (Fsp3) is 0.818. The number of piperidine rings is 1. The number of nitrogens with zero attached hydrogens (tertiary/aromatic N) is 1. The van der Waals surface area contributed by atoms with Gasteiger partial charge in [0, 0.05) is 13.1 Å². The Morgan fingerprint density at radius 1 is 1.31 bits per heavy atom. The highest BCUT2D eigenvalue weighted by Crippen LogP contribution is 2.18. The maximum atomic E-state index is 11.9. The van der Waals surface area contributed by atoms with Gasteiger partial charge in [-0.3, -0.25) is 9.59 Å². The number of carboxylic acids is 1. The van der Waals surface area contributed by atoms with Crippen molar-refractivity contribution in [3.63, 3.8) is 0 Å². The van der Waals surface area contributed by atoms with Crippen molar-refractivity contribution >= 4 is 11.9 Å². The average molecular weight is 228 g/mol. The first-order chi connectivity index (χ1) is 7.43. The molecule has 5 heteroatoms. The second kappa shape index (κ2) is 5.30. The van der Waals surface area contributed by atoms with Gasteiger partial charge in [0.1, 0.15) is 0 Å². The van der Waals surface area contributed by atoms with E-state index in [0.717, 1.165) is 0 Å². The minimum Gasteiger partial charge on any atom is -0.481 e. The standard InChI is InChI=1S/C11H20N2O3/c1-7(2)9(12)10(14)13-5-3-8(4-6-13)11(15)16/h7-9H,3-6,12H2,1-2H3,(H,15,16)/t9-/m0/s1. The Bertz CT molecular complexity index is 270. The van der Waals surface area contributed by atoms with E-state index >= 15 is 0 Å². The summed E-state index contributed by atoms with van der Waals surface area (Å²) in [6, 6.07) is -0.471. The average Bonchev–Trinajstić information content (AvgIpc) is 2.27. The molecule has 0 radical (unpaired) electrons. The maximum Gasteiger partial charge on any atom is 0.306 e. The third-order valence-electron chi connectivity index (χ3n) is 3.16. The molecule has 0 aromatic rings. The highest BCUT2D eigenvalue weighted by atomic mass is 16.4. The van der Waals surface area contributed by atoms with Crippen molar-refractivity contribution in [1.29, 1.82) is 0 Å². The van der Waals surface area contributed by atoms with E-state index in [9.17, 15) is 9.59 Å². The molecule has 92 valence electrons. The first-order valence-electron chi connectivity index (χ1n) is 5.70. The minimum atomic E-state index is -0.764. The predicted octanol–water partition coefficient (Wildman–Crippen LogP) is 0.293. The summed E-state index contributed by atoms with van der Waals surface area (Å²) in [5.41, 5.74) is 5.78. The van der Waals surface area contributed by atoms with Crippen molar-refractivity contribution in [3.8, 4) is 0 Å². The summed E-state index contributed by atoms with van der Waals surface area (Å²) in [6.45, 7) is 4.84. The number of nitrogens with two attached hydrogens (primary N) is 1. The van der Waals surface area contributed by atoms with Gasteiger partial charge in [-0.25, -0.2) is 0 Å². The number of aliphatic carboxylic acids is 1. The van der Waals surface area contributed by atoms with Crippen LogP contribution in [-0.4, -0.2) is 41.0 Å². The molecule has 0 unspecified atom stereocenters. The molecular weight excluding hydrogens is 208 g/mol. The lowest BCUT2D eigenvalue weighted by Gasteiger charge is -2.32. The molecular formula is C11H20N2O3. The Morgan fingerprint density at radius 2 is 1.81 bits per heavy atom. The lowest BCUT2D eigenvalue weighted by molar-refractivity contribution is -0.146. The van der Waals surface area contributed by atoms with Gasteiger partial charge in [0.25, 0.3) is 0 Å². The van der Waals surface area contributed by atoms with Crippen LogP contribution in [0.3, 0.4) is 0 Å². The van der Waals surface area contributed by atoms with E-state index in [2.05, 4.69) is 0 Å². The Hall–Kier alpha value is -1.10. The van der Waals surface area contributed by atoms with Gasteiger partial charge < -0.3 is 15.7 Å². The van der Waals surface area contributed by atoms with Crippen molar-refractivity contribution < 1.29 is 14.7 Å². The van der Waals surface area contributed by atoms with Crippen LogP contribution in [0.15, 0.2) is 0 Å². The Balaban J connectivity index is 2.47. The lowest BCUT2D eigenvalue weighted by Crippen LogP contribution is -2.49. The molecule has 0 aliphatic carbocycles. The van der Waals surface area contributed by atoms with E-state index in [4.69, 9.17) is 10.8 Å². The smallest absolute Gasteiger partial charge is 0.306 e. The predicted molar refractivity (Wildman–Crippen MR) is 59.8 cm³/mol. The highest BCUT2D eigenvalue weighted by Gasteiger charge is 2.30. The molecule has 1 rings (SSSR count). The first-order valence-corrected chi connectivity index (χ1v) is 5.70. The fourth-order valence-corrected chi connectivity index (χ4v) is 1.84. The summed E-state index contributed by atoms with van der Waals surface area (Å²) in [7, 11) is 0. The van der Waals surface area contributed by atoms with Gasteiger partial charge in [-0.15, -0.1) is 0 Å². The van der Waals surface area contributed by atoms with Gasteiger partial charge in [0.2, 0.25) is 5.91 Å². The molecule has 1 amide bonds. The summed E-state index contributed by atoms with van der Waals surface area (Å²) >= 11 is 0. The molecule has 0 spiro atoms. The van der Waals surface area contributed by atoms with Gasteiger partial charge in [-0.2, -0.15) is 0 Å². The molecule has 1 aliphatic rings. The normalized spacial score (nSPS) is 19.9.